The van der Waals surface area contributed by atoms with Gasteiger partial charge in [0.2, 0.25) is 0 Å². The molecule has 0 aliphatic rings. The average Bonchev–Trinajstić information content (AvgIpc) is 2.71. The van der Waals surface area contributed by atoms with E-state index < -0.39 is 18.3 Å². The zero-order valence-electron chi connectivity index (χ0n) is 16.8. The van der Waals surface area contributed by atoms with E-state index >= 15 is 0 Å². The lowest BCUT2D eigenvalue weighted by Gasteiger charge is -2.17. The third-order valence-electron chi connectivity index (χ3n) is 3.83. The fourth-order valence-electron chi connectivity index (χ4n) is 2.36. The van der Waals surface area contributed by atoms with Crippen molar-refractivity contribution in [3.8, 4) is 23.0 Å². The Morgan fingerprint density at radius 2 is 1.48 bits per heavy atom. The maximum absolute atomic E-state index is 13.0. The average molecular weight is 552 g/mol. The summed E-state index contributed by atoms with van der Waals surface area (Å²) in [5.74, 6) is 0.474. The van der Waals surface area contributed by atoms with E-state index in [1.54, 1.807) is 0 Å². The van der Waals surface area contributed by atoms with Gasteiger partial charge in [-0.05, 0) is 31.1 Å². The summed E-state index contributed by atoms with van der Waals surface area (Å²) in [6, 6.07) is 8.15. The van der Waals surface area contributed by atoms with Crippen LogP contribution in [0.25, 0.3) is 0 Å². The quantitative estimate of drug-likeness (QED) is 0.186. The molecular formula is C21H18Cl4F4O4. The summed E-state index contributed by atoms with van der Waals surface area (Å²) in [5, 5.41) is 0.513. The molecule has 0 unspecified atom stereocenters. The van der Waals surface area contributed by atoms with Crippen LogP contribution >= 0.6 is 46.4 Å². The molecule has 0 fully saturated rings. The molecule has 2 aromatic rings. The number of unbranched alkanes of at least 4 members (excludes halogenated alkanes) is 1. The summed E-state index contributed by atoms with van der Waals surface area (Å²) in [6.45, 7) is 0.638. The minimum Gasteiger partial charge on any atom is -0.493 e. The number of rotatable bonds is 13. The van der Waals surface area contributed by atoms with Gasteiger partial charge in [0.15, 0.2) is 5.75 Å². The Hall–Kier alpha value is -1.74. The lowest BCUT2D eigenvalue weighted by Crippen LogP contribution is -2.33. The molecule has 0 radical (unpaired) electrons. The molecule has 0 aliphatic heterocycles. The van der Waals surface area contributed by atoms with E-state index in [0.717, 1.165) is 12.1 Å². The van der Waals surface area contributed by atoms with Crippen molar-refractivity contribution >= 4 is 46.4 Å². The van der Waals surface area contributed by atoms with Crippen LogP contribution in [0.15, 0.2) is 47.0 Å². The Morgan fingerprint density at radius 1 is 0.879 bits per heavy atom. The van der Waals surface area contributed by atoms with Gasteiger partial charge in [-0.2, -0.15) is 17.6 Å². The predicted octanol–water partition coefficient (Wildman–Crippen LogP) is 8.17. The monoisotopic (exact) mass is 550 g/mol. The molecule has 0 atom stereocenters. The highest BCUT2D eigenvalue weighted by atomic mass is 35.5. The first-order valence-electron chi connectivity index (χ1n) is 9.42. The van der Waals surface area contributed by atoms with Crippen LogP contribution in [0.5, 0.6) is 23.0 Å². The van der Waals surface area contributed by atoms with Crippen LogP contribution in [0, 0.1) is 0 Å². The van der Waals surface area contributed by atoms with E-state index in [2.05, 4.69) is 4.74 Å². The summed E-state index contributed by atoms with van der Waals surface area (Å²) in [5.41, 5.74) is 0. The van der Waals surface area contributed by atoms with Gasteiger partial charge in [-0.25, -0.2) is 0 Å². The van der Waals surface area contributed by atoms with E-state index in [0.29, 0.717) is 24.3 Å². The third kappa shape index (κ3) is 9.57. The zero-order valence-corrected chi connectivity index (χ0v) is 19.8. The molecular weight excluding hydrogens is 534 g/mol. The second-order valence-corrected chi connectivity index (χ2v) is 8.19. The van der Waals surface area contributed by atoms with E-state index in [9.17, 15) is 17.6 Å². The third-order valence-corrected chi connectivity index (χ3v) is 4.70. The summed E-state index contributed by atoms with van der Waals surface area (Å²) >= 11 is 23.4. The van der Waals surface area contributed by atoms with Crippen molar-refractivity contribution in [1.82, 2.24) is 0 Å². The first-order chi connectivity index (χ1) is 15.6. The molecule has 0 saturated heterocycles. The van der Waals surface area contributed by atoms with E-state index in [1.165, 1.54) is 30.3 Å². The number of ether oxygens (including phenoxy) is 4. The van der Waals surface area contributed by atoms with Crippen molar-refractivity contribution in [2.45, 2.75) is 25.4 Å². The first-order valence-corrected chi connectivity index (χ1v) is 10.9. The summed E-state index contributed by atoms with van der Waals surface area (Å²) in [4.78, 5) is 0. The number of hydrogen-bond donors (Lipinski definition) is 0. The van der Waals surface area contributed by atoms with Gasteiger partial charge in [0.1, 0.15) is 28.3 Å². The van der Waals surface area contributed by atoms with E-state index in [4.69, 9.17) is 60.6 Å². The van der Waals surface area contributed by atoms with Crippen LogP contribution < -0.4 is 18.9 Å². The molecule has 2 aromatic carbocycles. The second-order valence-electron chi connectivity index (χ2n) is 6.36. The predicted molar refractivity (Wildman–Crippen MR) is 120 cm³/mol. The van der Waals surface area contributed by atoms with Crippen molar-refractivity contribution < 1.29 is 36.5 Å². The van der Waals surface area contributed by atoms with Crippen LogP contribution in [-0.4, -0.2) is 32.4 Å². The maximum atomic E-state index is 13.0. The minimum absolute atomic E-state index is 0.0745. The summed E-state index contributed by atoms with van der Waals surface area (Å²) in [7, 11) is 0. The Labute approximate surface area is 207 Å². The van der Waals surface area contributed by atoms with Gasteiger partial charge < -0.3 is 18.9 Å². The molecule has 0 aliphatic carbocycles. The van der Waals surface area contributed by atoms with Crippen LogP contribution in [0.1, 0.15) is 12.8 Å². The largest absolute Gasteiger partial charge is 0.493 e. The SMILES string of the molecule is FC(F)C(F)(F)Oc1cccc(OCCCCOc2c(Cl)cc(OCC=C(Cl)Cl)cc2Cl)c1. The highest BCUT2D eigenvalue weighted by Crippen LogP contribution is 2.37. The maximum Gasteiger partial charge on any atom is 0.461 e. The normalized spacial score (nSPS) is 11.3. The summed E-state index contributed by atoms with van der Waals surface area (Å²) < 4.78 is 71.0. The zero-order chi connectivity index (χ0) is 24.4. The highest BCUT2D eigenvalue weighted by Gasteiger charge is 2.44. The molecule has 0 aromatic heterocycles. The van der Waals surface area contributed by atoms with Crippen LogP contribution in [-0.2, 0) is 0 Å². The standard InChI is InChI=1S/C21H18Cl4F4O4/c22-16-11-15(31-9-6-18(24)25)12-17(23)19(16)32-8-2-1-7-30-13-4-3-5-14(10-13)33-21(28,29)20(26)27/h3-6,10-12,20H,1-2,7-9H2. The van der Waals surface area contributed by atoms with Gasteiger partial charge in [0.25, 0.3) is 0 Å². The van der Waals surface area contributed by atoms with Gasteiger partial charge in [-0.1, -0.05) is 52.5 Å². The van der Waals surface area contributed by atoms with Gasteiger partial charge in [0, 0.05) is 18.2 Å². The lowest BCUT2D eigenvalue weighted by molar-refractivity contribution is -0.253. The Kier molecular flexibility index (Phi) is 11.0. The number of alkyl halides is 4. The van der Waals surface area contributed by atoms with E-state index in [1.807, 2.05) is 0 Å². The van der Waals surface area contributed by atoms with Crippen molar-refractivity contribution in [1.29, 1.82) is 0 Å². The topological polar surface area (TPSA) is 36.9 Å². The second kappa shape index (κ2) is 13.2. The molecule has 33 heavy (non-hydrogen) atoms. The molecule has 2 rings (SSSR count). The Balaban J connectivity index is 1.76. The van der Waals surface area contributed by atoms with Crippen molar-refractivity contribution in [2.24, 2.45) is 0 Å². The van der Waals surface area contributed by atoms with Crippen LogP contribution in [0.3, 0.4) is 0 Å². The Morgan fingerprint density at radius 3 is 2.09 bits per heavy atom. The van der Waals surface area contributed by atoms with Crippen LogP contribution in [0.2, 0.25) is 10.0 Å². The molecule has 0 N–H and O–H groups in total. The van der Waals surface area contributed by atoms with Crippen molar-refractivity contribution in [3.05, 3.63) is 57.0 Å². The molecule has 0 saturated carbocycles. The molecule has 182 valence electrons. The van der Waals surface area contributed by atoms with Gasteiger partial charge >= 0.3 is 12.5 Å². The van der Waals surface area contributed by atoms with Crippen molar-refractivity contribution in [3.63, 3.8) is 0 Å². The van der Waals surface area contributed by atoms with E-state index in [-0.39, 0.29) is 40.1 Å². The molecule has 0 amide bonds. The fraction of sp³-hybridized carbons (Fsp3) is 0.333. The number of benzene rings is 2. The molecule has 4 nitrogen and oxygen atoms in total. The van der Waals surface area contributed by atoms with Gasteiger partial charge in [0.05, 0.1) is 23.3 Å². The first kappa shape index (κ1) is 27.5. The lowest BCUT2D eigenvalue weighted by atomic mass is 10.3. The molecule has 0 spiro atoms. The fourth-order valence-corrected chi connectivity index (χ4v) is 3.06. The Bertz CT molecular complexity index is 917. The summed E-state index contributed by atoms with van der Waals surface area (Å²) in [6.07, 6.45) is -5.97. The number of halogens is 8. The smallest absolute Gasteiger partial charge is 0.461 e. The molecule has 12 heteroatoms. The number of hydrogen-bond acceptors (Lipinski definition) is 4. The van der Waals surface area contributed by atoms with Crippen LogP contribution in [0.4, 0.5) is 17.6 Å². The molecule has 0 heterocycles. The highest BCUT2D eigenvalue weighted by molar-refractivity contribution is 6.55. The molecule has 0 bridgehead atoms. The minimum atomic E-state index is -4.59. The van der Waals surface area contributed by atoms with Gasteiger partial charge in [-0.3, -0.25) is 0 Å². The van der Waals surface area contributed by atoms with Crippen molar-refractivity contribution in [2.75, 3.05) is 19.8 Å². The van der Waals surface area contributed by atoms with Gasteiger partial charge in [-0.15, -0.1) is 0 Å².